The Morgan fingerprint density at radius 1 is 0.913 bits per heavy atom. The minimum Gasteiger partial charge on any atom is -0.208 e. The predicted octanol–water partition coefficient (Wildman–Crippen LogP) is 4.60. The van der Waals surface area contributed by atoms with Crippen molar-refractivity contribution in [3.8, 4) is 11.1 Å². The first-order valence-corrected chi connectivity index (χ1v) is 9.69. The Hall–Kier alpha value is -1.65. The fraction of sp³-hybridized carbons (Fsp3) is 0.368. The van der Waals surface area contributed by atoms with Gasteiger partial charge < -0.3 is 0 Å². The van der Waals surface area contributed by atoms with Crippen molar-refractivity contribution in [2.75, 3.05) is 0 Å². The summed E-state index contributed by atoms with van der Waals surface area (Å²) in [5, 5.41) is 0. The lowest BCUT2D eigenvalue weighted by atomic mass is 10.1. The first-order valence-electron chi connectivity index (χ1n) is 8.21. The monoisotopic (exact) mass is 331 g/mol. The quantitative estimate of drug-likeness (QED) is 0.719. The zero-order valence-electron chi connectivity index (χ0n) is 13.8. The maximum absolute atomic E-state index is 12.4. The molecule has 0 heterocycles. The average molecular weight is 331 g/mol. The van der Waals surface area contributed by atoms with Crippen LogP contribution in [0, 0.1) is 0 Å². The highest BCUT2D eigenvalue weighted by molar-refractivity contribution is 7.89. The summed E-state index contributed by atoms with van der Waals surface area (Å²) in [7, 11) is -3.45. The fourth-order valence-corrected chi connectivity index (χ4v) is 3.83. The van der Waals surface area contributed by atoms with E-state index in [4.69, 9.17) is 0 Å². The zero-order chi connectivity index (χ0) is 16.7. The van der Waals surface area contributed by atoms with Gasteiger partial charge in [-0.2, -0.15) is 0 Å². The van der Waals surface area contributed by atoms with Gasteiger partial charge in [0.15, 0.2) is 0 Å². The standard InChI is InChI=1S/C19H25NO2S/c1-3-4-6-9-16(2)20-23(21,22)19-14-12-18(13-15-19)17-10-7-5-8-11-17/h5,7-8,10-16,20H,3-4,6,9H2,1-2H3. The smallest absolute Gasteiger partial charge is 0.208 e. The molecule has 1 atom stereocenters. The molecule has 0 saturated heterocycles. The van der Waals surface area contributed by atoms with Gasteiger partial charge in [0, 0.05) is 6.04 Å². The van der Waals surface area contributed by atoms with Gasteiger partial charge >= 0.3 is 0 Å². The molecular formula is C19H25NO2S. The van der Waals surface area contributed by atoms with E-state index < -0.39 is 10.0 Å². The second kappa shape index (κ2) is 8.27. The third-order valence-corrected chi connectivity index (χ3v) is 5.47. The first kappa shape index (κ1) is 17.7. The van der Waals surface area contributed by atoms with Gasteiger partial charge in [0.25, 0.3) is 0 Å². The van der Waals surface area contributed by atoms with Gasteiger partial charge in [-0.15, -0.1) is 0 Å². The molecule has 4 heteroatoms. The van der Waals surface area contributed by atoms with Gasteiger partial charge in [-0.3, -0.25) is 0 Å². The lowest BCUT2D eigenvalue weighted by molar-refractivity contribution is 0.527. The predicted molar refractivity (Wildman–Crippen MR) is 95.8 cm³/mol. The normalized spacial score (nSPS) is 13.0. The summed E-state index contributed by atoms with van der Waals surface area (Å²) in [4.78, 5) is 0.319. The molecule has 3 nitrogen and oxygen atoms in total. The highest BCUT2D eigenvalue weighted by atomic mass is 32.2. The summed E-state index contributed by atoms with van der Waals surface area (Å²) in [6, 6.07) is 16.9. The molecule has 1 N–H and O–H groups in total. The number of rotatable bonds is 8. The minimum atomic E-state index is -3.45. The molecule has 2 aromatic rings. The Morgan fingerprint density at radius 3 is 2.13 bits per heavy atom. The van der Waals surface area contributed by atoms with Crippen LogP contribution in [0.15, 0.2) is 59.5 Å². The van der Waals surface area contributed by atoms with E-state index >= 15 is 0 Å². The molecule has 0 fully saturated rings. The van der Waals surface area contributed by atoms with E-state index in [1.54, 1.807) is 12.1 Å². The van der Waals surface area contributed by atoms with E-state index in [0.717, 1.165) is 36.8 Å². The molecule has 23 heavy (non-hydrogen) atoms. The van der Waals surface area contributed by atoms with Gasteiger partial charge in [-0.1, -0.05) is 68.7 Å². The Bertz CT molecular complexity index is 694. The number of hydrogen-bond acceptors (Lipinski definition) is 2. The number of benzene rings is 2. The zero-order valence-corrected chi connectivity index (χ0v) is 14.6. The van der Waals surface area contributed by atoms with Crippen LogP contribution in [0.2, 0.25) is 0 Å². The summed E-state index contributed by atoms with van der Waals surface area (Å²) in [6.45, 7) is 4.06. The maximum Gasteiger partial charge on any atom is 0.240 e. The summed E-state index contributed by atoms with van der Waals surface area (Å²) >= 11 is 0. The second-order valence-corrected chi connectivity index (χ2v) is 7.62. The molecule has 0 amide bonds. The summed E-state index contributed by atoms with van der Waals surface area (Å²) < 4.78 is 27.6. The van der Waals surface area contributed by atoms with Gasteiger partial charge in [0.2, 0.25) is 10.0 Å². The van der Waals surface area contributed by atoms with Gasteiger partial charge in [-0.25, -0.2) is 13.1 Å². The van der Waals surface area contributed by atoms with Crippen LogP contribution in [-0.4, -0.2) is 14.5 Å². The van der Waals surface area contributed by atoms with Crippen molar-refractivity contribution in [3.05, 3.63) is 54.6 Å². The van der Waals surface area contributed by atoms with Crippen molar-refractivity contribution in [1.29, 1.82) is 0 Å². The third-order valence-electron chi connectivity index (χ3n) is 3.87. The van der Waals surface area contributed by atoms with Crippen molar-refractivity contribution >= 4 is 10.0 Å². The van der Waals surface area contributed by atoms with E-state index in [1.807, 2.05) is 49.4 Å². The SMILES string of the molecule is CCCCCC(C)NS(=O)(=O)c1ccc(-c2ccccc2)cc1. The Balaban J connectivity index is 2.05. The van der Waals surface area contributed by atoms with Crippen molar-refractivity contribution in [1.82, 2.24) is 4.72 Å². The van der Waals surface area contributed by atoms with Crippen LogP contribution in [0.4, 0.5) is 0 Å². The molecule has 1 unspecified atom stereocenters. The number of hydrogen-bond donors (Lipinski definition) is 1. The van der Waals surface area contributed by atoms with Crippen LogP contribution in [0.1, 0.15) is 39.5 Å². The molecule has 0 saturated carbocycles. The van der Waals surface area contributed by atoms with Crippen molar-refractivity contribution in [3.63, 3.8) is 0 Å². The van der Waals surface area contributed by atoms with Crippen LogP contribution >= 0.6 is 0 Å². The van der Waals surface area contributed by atoms with E-state index in [2.05, 4.69) is 11.6 Å². The molecular weight excluding hydrogens is 306 g/mol. The topological polar surface area (TPSA) is 46.2 Å². The van der Waals surface area contributed by atoms with Crippen LogP contribution in [0.5, 0.6) is 0 Å². The molecule has 2 aromatic carbocycles. The largest absolute Gasteiger partial charge is 0.240 e. The van der Waals surface area contributed by atoms with Crippen LogP contribution in [0.3, 0.4) is 0 Å². The fourth-order valence-electron chi connectivity index (χ4n) is 2.55. The minimum absolute atomic E-state index is 0.0413. The third kappa shape index (κ3) is 5.19. The number of sulfonamides is 1. The summed E-state index contributed by atoms with van der Waals surface area (Å²) in [6.07, 6.45) is 4.19. The van der Waals surface area contributed by atoms with Crippen LogP contribution in [-0.2, 0) is 10.0 Å². The van der Waals surface area contributed by atoms with Crippen molar-refractivity contribution < 1.29 is 8.42 Å². The van der Waals surface area contributed by atoms with Gasteiger partial charge in [-0.05, 0) is 36.6 Å². The molecule has 2 rings (SSSR count). The molecule has 0 bridgehead atoms. The van der Waals surface area contributed by atoms with Crippen molar-refractivity contribution in [2.24, 2.45) is 0 Å². The molecule has 0 aromatic heterocycles. The van der Waals surface area contributed by atoms with Crippen LogP contribution < -0.4 is 4.72 Å². The Kier molecular flexibility index (Phi) is 6.37. The summed E-state index contributed by atoms with van der Waals surface area (Å²) in [5.41, 5.74) is 2.10. The van der Waals surface area contributed by atoms with E-state index in [1.165, 1.54) is 0 Å². The number of unbranched alkanes of at least 4 members (excludes halogenated alkanes) is 2. The molecule has 0 aliphatic rings. The molecule has 0 aliphatic heterocycles. The van der Waals surface area contributed by atoms with Gasteiger partial charge in [0.1, 0.15) is 0 Å². The molecule has 0 spiro atoms. The van der Waals surface area contributed by atoms with Crippen molar-refractivity contribution in [2.45, 2.75) is 50.5 Å². The number of nitrogens with one attached hydrogen (secondary N) is 1. The first-order chi connectivity index (χ1) is 11.0. The maximum atomic E-state index is 12.4. The van der Waals surface area contributed by atoms with Gasteiger partial charge in [0.05, 0.1) is 4.90 Å². The lowest BCUT2D eigenvalue weighted by Crippen LogP contribution is -2.32. The lowest BCUT2D eigenvalue weighted by Gasteiger charge is -2.14. The molecule has 0 radical (unpaired) electrons. The Labute approximate surface area is 139 Å². The van der Waals surface area contributed by atoms with E-state index in [9.17, 15) is 8.42 Å². The molecule has 0 aliphatic carbocycles. The highest BCUT2D eigenvalue weighted by Crippen LogP contribution is 2.21. The molecule has 124 valence electrons. The average Bonchev–Trinajstić information content (AvgIpc) is 2.55. The van der Waals surface area contributed by atoms with E-state index in [-0.39, 0.29) is 6.04 Å². The second-order valence-electron chi connectivity index (χ2n) is 5.91. The highest BCUT2D eigenvalue weighted by Gasteiger charge is 2.17. The van der Waals surface area contributed by atoms with E-state index in [0.29, 0.717) is 4.90 Å². The Morgan fingerprint density at radius 2 is 1.52 bits per heavy atom. The van der Waals surface area contributed by atoms with Crippen LogP contribution in [0.25, 0.3) is 11.1 Å². The summed E-state index contributed by atoms with van der Waals surface area (Å²) in [5.74, 6) is 0.